The van der Waals surface area contributed by atoms with Crippen LogP contribution >= 0.6 is 0 Å². The molecule has 2 N–H and O–H groups in total. The van der Waals surface area contributed by atoms with Crippen molar-refractivity contribution in [2.45, 2.75) is 18.2 Å². The van der Waals surface area contributed by atoms with Gasteiger partial charge in [-0.15, -0.1) is 0 Å². The Hall–Kier alpha value is -4.97. The minimum atomic E-state index is -4.13. The zero-order valence-electron chi connectivity index (χ0n) is 21.0. The fourth-order valence-electron chi connectivity index (χ4n) is 4.27. The van der Waals surface area contributed by atoms with Crippen molar-refractivity contribution in [3.05, 3.63) is 103 Å². The van der Waals surface area contributed by atoms with Crippen LogP contribution in [0.4, 0.5) is 26.0 Å². The van der Waals surface area contributed by atoms with Gasteiger partial charge in [0.05, 0.1) is 27.1 Å². The van der Waals surface area contributed by atoms with Crippen molar-refractivity contribution in [3.8, 4) is 5.82 Å². The van der Waals surface area contributed by atoms with Crippen LogP contribution in [-0.2, 0) is 16.4 Å². The van der Waals surface area contributed by atoms with Gasteiger partial charge in [0.1, 0.15) is 35.5 Å². The second-order valence-electron chi connectivity index (χ2n) is 8.87. The van der Waals surface area contributed by atoms with E-state index in [1.807, 2.05) is 31.2 Å². The standard InChI is InChI=1S/C28H21F2N7O2S/c1-2-17-7-9-18(10-8-17)40(38,39)36-21-12-11-19(29)26(25(21)30)35-28-27-22(31-15-32-28)13-14-24(34-27)37-16-33-20-5-3-4-6-23(20)37/h3-16,36H,2H2,1H3,(H,31,32,35). The number of para-hydroxylation sites is 2. The molecule has 0 atom stereocenters. The number of fused-ring (bicyclic) bond motifs is 2. The van der Waals surface area contributed by atoms with Crippen LogP contribution in [0, 0.1) is 11.6 Å². The normalized spacial score (nSPS) is 11.7. The minimum Gasteiger partial charge on any atom is -0.333 e. The van der Waals surface area contributed by atoms with Crippen molar-refractivity contribution < 1.29 is 17.2 Å². The summed E-state index contributed by atoms with van der Waals surface area (Å²) >= 11 is 0. The van der Waals surface area contributed by atoms with E-state index in [2.05, 4.69) is 30.0 Å². The number of anilines is 3. The lowest BCUT2D eigenvalue weighted by atomic mass is 10.2. The Morgan fingerprint density at radius 2 is 1.68 bits per heavy atom. The van der Waals surface area contributed by atoms with Crippen LogP contribution in [0.2, 0.25) is 0 Å². The van der Waals surface area contributed by atoms with Crippen LogP contribution in [0.3, 0.4) is 0 Å². The van der Waals surface area contributed by atoms with Gasteiger partial charge >= 0.3 is 0 Å². The second kappa shape index (κ2) is 9.97. The summed E-state index contributed by atoms with van der Waals surface area (Å²) in [7, 11) is -4.13. The first-order valence-electron chi connectivity index (χ1n) is 12.2. The molecule has 0 bridgehead atoms. The first-order valence-corrected chi connectivity index (χ1v) is 13.7. The van der Waals surface area contributed by atoms with E-state index in [9.17, 15) is 12.8 Å². The van der Waals surface area contributed by atoms with Gasteiger partial charge in [0, 0.05) is 0 Å². The van der Waals surface area contributed by atoms with E-state index in [4.69, 9.17) is 0 Å². The van der Waals surface area contributed by atoms with E-state index in [-0.39, 0.29) is 16.2 Å². The third-order valence-corrected chi connectivity index (χ3v) is 7.77. The molecule has 0 unspecified atom stereocenters. The monoisotopic (exact) mass is 557 g/mol. The predicted octanol–water partition coefficient (Wildman–Crippen LogP) is 5.75. The molecular weight excluding hydrogens is 536 g/mol. The second-order valence-corrected chi connectivity index (χ2v) is 10.6. The van der Waals surface area contributed by atoms with Gasteiger partial charge in [-0.25, -0.2) is 37.1 Å². The first kappa shape index (κ1) is 25.3. The maximum Gasteiger partial charge on any atom is 0.261 e. The number of sulfonamides is 1. The SMILES string of the molecule is CCc1ccc(S(=O)(=O)Nc2ccc(F)c(Nc3ncnc4ccc(-n5cnc6ccccc65)nc34)c2F)cc1. The molecule has 0 aliphatic carbocycles. The lowest BCUT2D eigenvalue weighted by Crippen LogP contribution is -2.15. The molecular formula is C28H21F2N7O2S. The van der Waals surface area contributed by atoms with Crippen molar-refractivity contribution in [2.24, 2.45) is 0 Å². The molecule has 3 heterocycles. The molecule has 9 nitrogen and oxygen atoms in total. The van der Waals surface area contributed by atoms with Crippen molar-refractivity contribution >= 4 is 49.3 Å². The summed E-state index contributed by atoms with van der Waals surface area (Å²) in [4.78, 5) is 17.3. The molecule has 0 amide bonds. The number of halogens is 2. The van der Waals surface area contributed by atoms with Crippen molar-refractivity contribution in [2.75, 3.05) is 10.0 Å². The molecule has 0 fully saturated rings. The number of hydrogen-bond donors (Lipinski definition) is 2. The summed E-state index contributed by atoms with van der Waals surface area (Å²) in [5.41, 5.74) is 2.20. The number of aromatic nitrogens is 5. The van der Waals surface area contributed by atoms with E-state index in [1.54, 1.807) is 35.2 Å². The number of hydrogen-bond acceptors (Lipinski definition) is 7. The summed E-state index contributed by atoms with van der Waals surface area (Å²) in [6.45, 7) is 1.95. The van der Waals surface area contributed by atoms with E-state index in [0.29, 0.717) is 11.3 Å². The van der Waals surface area contributed by atoms with Gasteiger partial charge in [-0.1, -0.05) is 31.2 Å². The molecule has 0 aliphatic rings. The molecule has 0 saturated carbocycles. The fraction of sp³-hybridized carbons (Fsp3) is 0.0714. The summed E-state index contributed by atoms with van der Waals surface area (Å²) in [6, 6.07) is 19.2. The highest BCUT2D eigenvalue weighted by molar-refractivity contribution is 7.92. The number of nitrogens with zero attached hydrogens (tertiary/aromatic N) is 5. The Balaban J connectivity index is 1.37. The molecule has 0 radical (unpaired) electrons. The van der Waals surface area contributed by atoms with E-state index >= 15 is 4.39 Å². The third kappa shape index (κ3) is 4.58. The van der Waals surface area contributed by atoms with Gasteiger partial charge in [-0.3, -0.25) is 9.29 Å². The molecule has 40 heavy (non-hydrogen) atoms. The van der Waals surface area contributed by atoms with Gasteiger partial charge in [0.15, 0.2) is 11.6 Å². The van der Waals surface area contributed by atoms with Crippen molar-refractivity contribution in [1.82, 2.24) is 24.5 Å². The third-order valence-electron chi connectivity index (χ3n) is 6.39. The highest BCUT2D eigenvalue weighted by Crippen LogP contribution is 2.31. The summed E-state index contributed by atoms with van der Waals surface area (Å²) in [5, 5.41) is 2.65. The maximum atomic E-state index is 15.6. The largest absolute Gasteiger partial charge is 0.333 e. The van der Waals surface area contributed by atoms with Gasteiger partial charge in [0.2, 0.25) is 0 Å². The smallest absolute Gasteiger partial charge is 0.261 e. The van der Waals surface area contributed by atoms with Crippen LogP contribution in [0.5, 0.6) is 0 Å². The molecule has 6 aromatic rings. The molecule has 12 heteroatoms. The first-order chi connectivity index (χ1) is 19.3. The zero-order chi connectivity index (χ0) is 27.9. The maximum absolute atomic E-state index is 15.6. The molecule has 3 aromatic carbocycles. The predicted molar refractivity (Wildman–Crippen MR) is 148 cm³/mol. The lowest BCUT2D eigenvalue weighted by Gasteiger charge is -2.14. The quantitative estimate of drug-likeness (QED) is 0.257. The van der Waals surface area contributed by atoms with E-state index in [0.717, 1.165) is 35.2 Å². The Labute approximate surface area is 227 Å². The van der Waals surface area contributed by atoms with Gasteiger partial charge < -0.3 is 5.32 Å². The number of benzene rings is 3. The number of nitrogens with one attached hydrogen (secondary N) is 2. The fourth-order valence-corrected chi connectivity index (χ4v) is 5.33. The molecule has 3 aromatic heterocycles. The minimum absolute atomic E-state index is 0.0317. The number of rotatable bonds is 7. The van der Waals surface area contributed by atoms with E-state index in [1.165, 1.54) is 18.5 Å². The Morgan fingerprint density at radius 3 is 2.48 bits per heavy atom. The lowest BCUT2D eigenvalue weighted by molar-refractivity contribution is 0.588. The van der Waals surface area contributed by atoms with Gasteiger partial charge in [0.25, 0.3) is 10.0 Å². The Bertz CT molecular complexity index is 1990. The zero-order valence-corrected chi connectivity index (χ0v) is 21.8. The molecule has 0 saturated heterocycles. The molecule has 0 spiro atoms. The molecule has 6 rings (SSSR count). The van der Waals surface area contributed by atoms with Gasteiger partial charge in [-0.05, 0) is 60.5 Å². The average molecular weight is 558 g/mol. The van der Waals surface area contributed by atoms with Gasteiger partial charge in [-0.2, -0.15) is 0 Å². The number of imidazole rings is 1. The van der Waals surface area contributed by atoms with Crippen LogP contribution in [0.25, 0.3) is 27.9 Å². The summed E-state index contributed by atoms with van der Waals surface area (Å²) in [5.74, 6) is -1.56. The summed E-state index contributed by atoms with van der Waals surface area (Å²) in [6.07, 6.45) is 3.60. The van der Waals surface area contributed by atoms with Crippen LogP contribution in [-0.4, -0.2) is 32.9 Å². The average Bonchev–Trinajstić information content (AvgIpc) is 3.41. The van der Waals surface area contributed by atoms with E-state index < -0.39 is 33.0 Å². The Morgan fingerprint density at radius 1 is 0.875 bits per heavy atom. The van der Waals surface area contributed by atoms with Crippen LogP contribution in [0.15, 0.2) is 90.3 Å². The molecule has 0 aliphatic heterocycles. The number of aryl methyl sites for hydroxylation is 1. The van der Waals surface area contributed by atoms with Crippen molar-refractivity contribution in [3.63, 3.8) is 0 Å². The highest BCUT2D eigenvalue weighted by Gasteiger charge is 2.21. The number of pyridine rings is 1. The molecule has 200 valence electrons. The van der Waals surface area contributed by atoms with Crippen LogP contribution in [0.1, 0.15) is 12.5 Å². The van der Waals surface area contributed by atoms with Crippen molar-refractivity contribution in [1.29, 1.82) is 0 Å². The topological polar surface area (TPSA) is 115 Å². The Kier molecular flexibility index (Phi) is 6.31. The van der Waals surface area contributed by atoms with Crippen LogP contribution < -0.4 is 10.0 Å². The highest BCUT2D eigenvalue weighted by atomic mass is 32.2. The summed E-state index contributed by atoms with van der Waals surface area (Å²) < 4.78 is 60.2.